The van der Waals surface area contributed by atoms with Crippen molar-refractivity contribution < 1.29 is 30.0 Å². The van der Waals surface area contributed by atoms with E-state index in [9.17, 15) is 30.0 Å². The number of nitrogens with two attached hydrogens (primary N) is 2. The Labute approximate surface area is 235 Å². The molecule has 11 N–H and O–H groups in total. The monoisotopic (exact) mass is 560 g/mol. The number of primary amides is 1. The third kappa shape index (κ3) is 5.69. The van der Waals surface area contributed by atoms with Crippen molar-refractivity contribution in [1.29, 1.82) is 5.41 Å². The van der Waals surface area contributed by atoms with Gasteiger partial charge >= 0.3 is 0 Å². The quantitative estimate of drug-likeness (QED) is 0.108. The molecule has 1 heterocycles. The molecule has 1 aromatic heterocycles. The number of hydrogen-bond donors (Lipinski definition) is 9. The molecule has 2 amide bonds. The van der Waals surface area contributed by atoms with Crippen LogP contribution in [0.3, 0.4) is 0 Å². The maximum atomic E-state index is 12.4. The van der Waals surface area contributed by atoms with Gasteiger partial charge in [0.1, 0.15) is 23.2 Å². The molecule has 0 saturated heterocycles. The van der Waals surface area contributed by atoms with Gasteiger partial charge in [0, 0.05) is 23.2 Å². The van der Waals surface area contributed by atoms with Gasteiger partial charge in [-0.3, -0.25) is 15.0 Å². The van der Waals surface area contributed by atoms with E-state index in [-0.39, 0.29) is 46.4 Å². The lowest BCUT2D eigenvalue weighted by Gasteiger charge is -2.24. The zero-order chi connectivity index (χ0) is 30.2. The van der Waals surface area contributed by atoms with Crippen molar-refractivity contribution in [2.24, 2.45) is 11.5 Å². The molecule has 214 valence electrons. The van der Waals surface area contributed by atoms with E-state index in [1.54, 1.807) is 56.3 Å². The lowest BCUT2D eigenvalue weighted by Crippen LogP contribution is -2.40. The Morgan fingerprint density at radius 3 is 2.34 bits per heavy atom. The van der Waals surface area contributed by atoms with Crippen LogP contribution in [0.2, 0.25) is 0 Å². The smallest absolute Gasteiger partial charge is 0.251 e. The summed E-state index contributed by atoms with van der Waals surface area (Å²) < 4.78 is 0. The molecule has 0 radical (unpaired) electrons. The summed E-state index contributed by atoms with van der Waals surface area (Å²) in [6, 6.07) is 12.6. The number of phenolic OH excluding ortho intramolecular Hbond substituents is 2. The van der Waals surface area contributed by atoms with Crippen LogP contribution >= 0.6 is 0 Å². The molecule has 0 saturated carbocycles. The second-order valence-corrected chi connectivity index (χ2v) is 10.4. The molecule has 4 rings (SSSR count). The number of nitrogens with zero attached hydrogens (tertiary/aromatic N) is 1. The molecule has 41 heavy (non-hydrogen) atoms. The highest BCUT2D eigenvalue weighted by molar-refractivity contribution is 5.98. The summed E-state index contributed by atoms with van der Waals surface area (Å²) in [7, 11) is 0. The van der Waals surface area contributed by atoms with Gasteiger partial charge in [-0.25, -0.2) is 4.98 Å². The highest BCUT2D eigenvalue weighted by Gasteiger charge is 2.31. The molecule has 2 atom stereocenters. The van der Waals surface area contributed by atoms with E-state index in [0.717, 1.165) is 0 Å². The van der Waals surface area contributed by atoms with Crippen LogP contribution in [0.15, 0.2) is 48.5 Å². The fourth-order valence-corrected chi connectivity index (χ4v) is 4.25. The number of aliphatic hydroxyl groups excluding tert-OH is 2. The molecule has 12 heteroatoms. The molecule has 0 bridgehead atoms. The fourth-order valence-electron chi connectivity index (χ4n) is 4.25. The third-order valence-electron chi connectivity index (χ3n) is 7.04. The number of aromatic hydroxyl groups is 2. The van der Waals surface area contributed by atoms with E-state index in [1.165, 1.54) is 13.0 Å². The number of aliphatic hydroxyl groups is 2. The number of nitrogen functional groups attached to an aromatic ring is 1. The highest BCUT2D eigenvalue weighted by Crippen LogP contribution is 2.44. The molecule has 12 nitrogen and oxygen atoms in total. The number of benzene rings is 3. The number of nitrogens with one attached hydrogen (secondary N) is 3. The number of aromatic amines is 1. The van der Waals surface area contributed by atoms with Crippen molar-refractivity contribution in [2.75, 3.05) is 0 Å². The average Bonchev–Trinajstić information content (AvgIpc) is 3.35. The first-order valence-electron chi connectivity index (χ1n) is 12.7. The molecule has 0 fully saturated rings. The van der Waals surface area contributed by atoms with Gasteiger partial charge in [-0.2, -0.15) is 0 Å². The van der Waals surface area contributed by atoms with Crippen molar-refractivity contribution in [1.82, 2.24) is 15.3 Å². The molecule has 0 aliphatic rings. The molecule has 0 aliphatic carbocycles. The van der Waals surface area contributed by atoms with Crippen LogP contribution in [0, 0.1) is 5.41 Å². The Balaban J connectivity index is 1.86. The Morgan fingerprint density at radius 2 is 1.71 bits per heavy atom. The molecule has 1 unspecified atom stereocenters. The highest BCUT2D eigenvalue weighted by atomic mass is 16.3. The zero-order valence-corrected chi connectivity index (χ0v) is 22.7. The van der Waals surface area contributed by atoms with Crippen LogP contribution in [-0.2, 0) is 21.5 Å². The second kappa shape index (κ2) is 10.9. The van der Waals surface area contributed by atoms with Gasteiger partial charge in [0.25, 0.3) is 5.91 Å². The van der Waals surface area contributed by atoms with Gasteiger partial charge in [0.15, 0.2) is 6.10 Å². The molecule has 0 aliphatic heterocycles. The number of imidazole rings is 1. The number of H-pyrrole nitrogens is 1. The average molecular weight is 561 g/mol. The van der Waals surface area contributed by atoms with E-state index in [2.05, 4.69) is 15.3 Å². The van der Waals surface area contributed by atoms with E-state index in [0.29, 0.717) is 27.7 Å². The molecular formula is C29H32N6O6. The first-order valence-corrected chi connectivity index (χ1v) is 12.7. The number of phenols is 2. The normalized spacial score (nSPS) is 13.1. The molecule has 0 spiro atoms. The number of fused-ring (bicyclic) bond motifs is 1. The molecule has 4 aromatic rings. The third-order valence-corrected chi connectivity index (χ3v) is 7.04. The van der Waals surface area contributed by atoms with Gasteiger partial charge in [-0.15, -0.1) is 0 Å². The SMILES string of the molecule is C[C@@H](O)C(O)C(=O)NCc1ccc(O)c(-c2cc(C(C)(C)C(N)=O)cc(-c3nc4cc(C(=N)N)ccc4[nH]3)c2O)c1. The van der Waals surface area contributed by atoms with Gasteiger partial charge in [-0.05, 0) is 74.4 Å². The topological polar surface area (TPSA) is 232 Å². The van der Waals surface area contributed by atoms with Crippen molar-refractivity contribution in [3.63, 3.8) is 0 Å². The van der Waals surface area contributed by atoms with Gasteiger partial charge < -0.3 is 42.2 Å². The number of rotatable bonds is 9. The van der Waals surface area contributed by atoms with Crippen LogP contribution in [0.4, 0.5) is 0 Å². The van der Waals surface area contributed by atoms with E-state index < -0.39 is 29.4 Å². The predicted octanol–water partition coefficient (Wildman–Crippen LogP) is 1.71. The summed E-state index contributed by atoms with van der Waals surface area (Å²) in [4.78, 5) is 32.2. The van der Waals surface area contributed by atoms with E-state index in [1.807, 2.05) is 0 Å². The number of aromatic nitrogens is 2. The zero-order valence-electron chi connectivity index (χ0n) is 22.7. The maximum Gasteiger partial charge on any atom is 0.251 e. The number of carbonyl (C=O) groups excluding carboxylic acids is 2. The molecular weight excluding hydrogens is 528 g/mol. The Morgan fingerprint density at radius 1 is 1.02 bits per heavy atom. The standard InChI is InChI=1S/C29H32N6O6/c1-13(36)23(38)27(40)33-12-14-4-7-22(37)17(8-14)18-10-16(29(2,3)28(32)41)11-19(24(18)39)26-34-20-6-5-15(25(30)31)9-21(20)35-26/h4-11,13,23,36-39H,12H2,1-3H3,(H3,30,31)(H2,32,41)(H,33,40)(H,34,35)/t13-,23?/m1/s1. The van der Waals surface area contributed by atoms with E-state index >= 15 is 0 Å². The number of amides is 2. The summed E-state index contributed by atoms with van der Waals surface area (Å²) in [5.41, 5.74) is 13.3. The van der Waals surface area contributed by atoms with Crippen LogP contribution in [0.5, 0.6) is 11.5 Å². The first-order chi connectivity index (χ1) is 19.2. The van der Waals surface area contributed by atoms with Crippen molar-refractivity contribution in [3.8, 4) is 34.0 Å². The van der Waals surface area contributed by atoms with Crippen LogP contribution in [0.25, 0.3) is 33.5 Å². The summed E-state index contributed by atoms with van der Waals surface area (Å²) >= 11 is 0. The maximum absolute atomic E-state index is 12.4. The van der Waals surface area contributed by atoms with Crippen molar-refractivity contribution in [2.45, 2.75) is 44.9 Å². The van der Waals surface area contributed by atoms with Crippen LogP contribution < -0.4 is 16.8 Å². The summed E-state index contributed by atoms with van der Waals surface area (Å²) in [6.45, 7) is 4.50. The first kappa shape index (κ1) is 29.1. The fraction of sp³-hybridized carbons (Fsp3) is 0.241. The minimum atomic E-state index is -1.61. The lowest BCUT2D eigenvalue weighted by molar-refractivity contribution is -0.134. The summed E-state index contributed by atoms with van der Waals surface area (Å²) in [5.74, 6) is -1.69. The summed E-state index contributed by atoms with van der Waals surface area (Å²) in [5, 5.41) is 51.7. The Hall–Kier alpha value is -4.94. The van der Waals surface area contributed by atoms with Crippen molar-refractivity contribution in [3.05, 3.63) is 65.2 Å². The largest absolute Gasteiger partial charge is 0.507 e. The Bertz CT molecular complexity index is 1680. The van der Waals surface area contributed by atoms with Crippen LogP contribution in [0.1, 0.15) is 37.5 Å². The lowest BCUT2D eigenvalue weighted by atomic mass is 9.81. The predicted molar refractivity (Wildman–Crippen MR) is 153 cm³/mol. The molecule has 3 aromatic carbocycles. The van der Waals surface area contributed by atoms with Gasteiger partial charge in [-0.1, -0.05) is 6.07 Å². The van der Waals surface area contributed by atoms with Gasteiger partial charge in [0.05, 0.1) is 28.1 Å². The number of carbonyl (C=O) groups is 2. The van der Waals surface area contributed by atoms with Crippen molar-refractivity contribution >= 4 is 28.7 Å². The second-order valence-electron chi connectivity index (χ2n) is 10.4. The minimum absolute atomic E-state index is 0.0436. The Kier molecular flexibility index (Phi) is 7.73. The number of hydrogen-bond acceptors (Lipinski definition) is 8. The van der Waals surface area contributed by atoms with Gasteiger partial charge in [0.2, 0.25) is 5.91 Å². The summed E-state index contributed by atoms with van der Waals surface area (Å²) in [6.07, 6.45) is -2.87. The van der Waals surface area contributed by atoms with Crippen LogP contribution in [-0.4, -0.2) is 60.3 Å². The minimum Gasteiger partial charge on any atom is -0.507 e. The number of amidine groups is 1. The van der Waals surface area contributed by atoms with E-state index in [4.69, 9.17) is 16.9 Å².